The summed E-state index contributed by atoms with van der Waals surface area (Å²) in [5, 5.41) is 12.7. The smallest absolute Gasteiger partial charge is 0.0786 e. The maximum absolute atomic E-state index is 12.7. The molecule has 0 aliphatic carbocycles. The van der Waals surface area contributed by atoms with Crippen LogP contribution in [0.3, 0.4) is 0 Å². The summed E-state index contributed by atoms with van der Waals surface area (Å²) in [4.78, 5) is 0. The van der Waals surface area contributed by atoms with Crippen LogP contribution in [-0.2, 0) is 16.2 Å². The Labute approximate surface area is 227 Å². The topological polar surface area (TPSA) is 23.1 Å². The van der Waals surface area contributed by atoms with E-state index < -0.39 is 0 Å². The van der Waals surface area contributed by atoms with E-state index >= 15 is 0 Å². The maximum atomic E-state index is 12.7. The van der Waals surface area contributed by atoms with Crippen LogP contribution in [0.25, 0.3) is 0 Å². The fourth-order valence-corrected chi connectivity index (χ4v) is 4.82. The number of benzene rings is 1. The number of rotatable bonds is 12. The van der Waals surface area contributed by atoms with E-state index in [1.165, 1.54) is 87.6 Å². The van der Waals surface area contributed by atoms with E-state index in [2.05, 4.69) is 102 Å². The lowest BCUT2D eigenvalue weighted by molar-refractivity contribution is -0.929. The Bertz CT molecular complexity index is 655. The molecule has 0 saturated heterocycles. The molecule has 0 unspecified atom stereocenters. The van der Waals surface area contributed by atoms with Crippen LogP contribution in [0.1, 0.15) is 158 Å². The van der Waals surface area contributed by atoms with Gasteiger partial charge in [-0.1, -0.05) is 128 Å². The normalized spacial score (nSPS) is 12.9. The molecule has 0 fully saturated rings. The standard InChI is InChI=1S/C18H30O.C16H36N/c1-16(2,3)12-10-13(17(4,5)6)15(19)14(11-12)18(7,8)9;1-5-9-13-17(14-10-6-2,15-11-7-3)16-12-8-4/h10-11,19H,1-9H3;5-16H2,1-4H3/q;+1/p-1. The summed E-state index contributed by atoms with van der Waals surface area (Å²) in [5.74, 6) is 0.216. The van der Waals surface area contributed by atoms with Crippen molar-refractivity contribution in [2.24, 2.45) is 0 Å². The van der Waals surface area contributed by atoms with Crippen molar-refractivity contribution < 1.29 is 9.59 Å². The van der Waals surface area contributed by atoms with E-state index in [-0.39, 0.29) is 22.0 Å². The van der Waals surface area contributed by atoms with E-state index in [1.54, 1.807) is 0 Å². The largest absolute Gasteiger partial charge is 0.872 e. The first-order chi connectivity index (χ1) is 16.5. The molecule has 0 atom stereocenters. The average molecular weight is 504 g/mol. The lowest BCUT2D eigenvalue weighted by Crippen LogP contribution is -2.50. The highest BCUT2D eigenvalue weighted by atomic mass is 16.3. The van der Waals surface area contributed by atoms with Crippen molar-refractivity contribution in [1.29, 1.82) is 0 Å². The van der Waals surface area contributed by atoms with Gasteiger partial charge in [0.05, 0.1) is 26.2 Å². The number of quaternary nitrogens is 1. The SMILES string of the molecule is CC(C)(C)c1cc(C(C)(C)C)c([O-])c(C(C)(C)C)c1.CCCC[N+](CCCC)(CCCC)CCCC. The van der Waals surface area contributed by atoms with Crippen LogP contribution in [0.15, 0.2) is 12.1 Å². The Morgan fingerprint density at radius 1 is 0.528 bits per heavy atom. The van der Waals surface area contributed by atoms with E-state index in [0.717, 1.165) is 11.1 Å². The van der Waals surface area contributed by atoms with Crippen LogP contribution in [-0.4, -0.2) is 30.7 Å². The Hall–Kier alpha value is -1.02. The van der Waals surface area contributed by atoms with Gasteiger partial charge in [0.25, 0.3) is 0 Å². The third-order valence-electron chi connectivity index (χ3n) is 7.52. The number of nitrogens with zero attached hydrogens (tertiary/aromatic N) is 1. The summed E-state index contributed by atoms with van der Waals surface area (Å²) in [6, 6.07) is 4.22. The molecule has 2 nitrogen and oxygen atoms in total. The molecule has 0 radical (unpaired) electrons. The van der Waals surface area contributed by atoms with Gasteiger partial charge < -0.3 is 9.59 Å². The molecule has 0 bridgehead atoms. The van der Waals surface area contributed by atoms with Gasteiger partial charge in [0, 0.05) is 0 Å². The molecular formula is C34H65NO. The summed E-state index contributed by atoms with van der Waals surface area (Å²) in [7, 11) is 0. The number of unbranched alkanes of at least 4 members (excludes halogenated alkanes) is 4. The molecule has 0 aliphatic heterocycles. The van der Waals surface area contributed by atoms with Crippen molar-refractivity contribution in [2.45, 2.75) is 158 Å². The van der Waals surface area contributed by atoms with Crippen molar-refractivity contribution in [3.63, 3.8) is 0 Å². The molecule has 0 heterocycles. The summed E-state index contributed by atoms with van der Waals surface area (Å²) in [6.07, 6.45) is 11.1. The van der Waals surface area contributed by atoms with Crippen LogP contribution < -0.4 is 5.11 Å². The van der Waals surface area contributed by atoms with Gasteiger partial charge in [-0.15, -0.1) is 5.75 Å². The Kier molecular flexibility index (Phi) is 15.0. The summed E-state index contributed by atoms with van der Waals surface area (Å²) >= 11 is 0. The molecule has 1 aromatic carbocycles. The molecular weight excluding hydrogens is 438 g/mol. The van der Waals surface area contributed by atoms with Crippen molar-refractivity contribution in [3.05, 3.63) is 28.8 Å². The Balaban J connectivity index is 0.000000686. The lowest BCUT2D eigenvalue weighted by Gasteiger charge is -2.39. The van der Waals surface area contributed by atoms with Crippen molar-refractivity contribution in [2.75, 3.05) is 26.2 Å². The lowest BCUT2D eigenvalue weighted by atomic mass is 9.75. The van der Waals surface area contributed by atoms with Crippen molar-refractivity contribution in [3.8, 4) is 5.75 Å². The summed E-state index contributed by atoms with van der Waals surface area (Å²) in [5.41, 5.74) is 2.96. The minimum Gasteiger partial charge on any atom is -0.872 e. The summed E-state index contributed by atoms with van der Waals surface area (Å²) < 4.78 is 1.42. The molecule has 36 heavy (non-hydrogen) atoms. The molecule has 0 amide bonds. The second-order valence-corrected chi connectivity index (χ2v) is 14.3. The van der Waals surface area contributed by atoms with Crippen LogP contribution in [0.5, 0.6) is 5.75 Å². The minimum atomic E-state index is -0.113. The van der Waals surface area contributed by atoms with Crippen LogP contribution in [0, 0.1) is 0 Å². The van der Waals surface area contributed by atoms with Crippen molar-refractivity contribution in [1.82, 2.24) is 0 Å². The first-order valence-electron chi connectivity index (χ1n) is 15.2. The Morgan fingerprint density at radius 2 is 0.806 bits per heavy atom. The van der Waals surface area contributed by atoms with Gasteiger partial charge in [0.2, 0.25) is 0 Å². The second kappa shape index (κ2) is 15.4. The number of hydrogen-bond acceptors (Lipinski definition) is 1. The van der Waals surface area contributed by atoms with E-state index in [1.807, 2.05) is 0 Å². The van der Waals surface area contributed by atoms with Crippen LogP contribution >= 0.6 is 0 Å². The molecule has 212 valence electrons. The molecule has 0 aliphatic rings. The minimum absolute atomic E-state index is 0.0632. The van der Waals surface area contributed by atoms with E-state index in [4.69, 9.17) is 0 Å². The average Bonchev–Trinajstić information content (AvgIpc) is 2.76. The highest BCUT2D eigenvalue weighted by molar-refractivity contribution is 5.50. The molecule has 1 aromatic rings. The van der Waals surface area contributed by atoms with E-state index in [9.17, 15) is 5.11 Å². The molecule has 0 aromatic heterocycles. The summed E-state index contributed by atoms with van der Waals surface area (Å²) in [6.45, 7) is 34.3. The third-order valence-corrected chi connectivity index (χ3v) is 7.52. The predicted octanol–water partition coefficient (Wildman–Crippen LogP) is 9.66. The Morgan fingerprint density at radius 3 is 1.00 bits per heavy atom. The van der Waals surface area contributed by atoms with Gasteiger partial charge in [-0.05, 0) is 58.6 Å². The second-order valence-electron chi connectivity index (χ2n) is 14.3. The third kappa shape index (κ3) is 12.0. The first kappa shape index (κ1) is 35.0. The molecule has 1 rings (SSSR count). The van der Waals surface area contributed by atoms with Gasteiger partial charge in [-0.2, -0.15) is 0 Å². The highest BCUT2D eigenvalue weighted by Gasteiger charge is 2.26. The van der Waals surface area contributed by atoms with Crippen LogP contribution in [0.4, 0.5) is 0 Å². The zero-order valence-electron chi connectivity index (χ0n) is 27.0. The highest BCUT2D eigenvalue weighted by Crippen LogP contribution is 2.40. The quantitative estimate of drug-likeness (QED) is 0.260. The molecule has 2 heteroatoms. The monoisotopic (exact) mass is 504 g/mol. The number of hydrogen-bond donors (Lipinski definition) is 0. The van der Waals surface area contributed by atoms with Gasteiger partial charge >= 0.3 is 0 Å². The first-order valence-corrected chi connectivity index (χ1v) is 15.2. The van der Waals surface area contributed by atoms with Gasteiger partial charge in [-0.3, -0.25) is 0 Å². The molecule has 0 N–H and O–H groups in total. The predicted molar refractivity (Wildman–Crippen MR) is 161 cm³/mol. The maximum Gasteiger partial charge on any atom is 0.0786 e. The zero-order valence-corrected chi connectivity index (χ0v) is 27.0. The van der Waals surface area contributed by atoms with Crippen LogP contribution in [0.2, 0.25) is 0 Å². The van der Waals surface area contributed by atoms with Crippen molar-refractivity contribution >= 4 is 0 Å². The van der Waals surface area contributed by atoms with Gasteiger partial charge in [0.1, 0.15) is 0 Å². The van der Waals surface area contributed by atoms with Gasteiger partial charge in [0.15, 0.2) is 0 Å². The molecule has 0 saturated carbocycles. The van der Waals surface area contributed by atoms with Gasteiger partial charge in [-0.25, -0.2) is 0 Å². The fraction of sp³-hybridized carbons (Fsp3) is 0.824. The zero-order chi connectivity index (χ0) is 28.2. The fourth-order valence-electron chi connectivity index (χ4n) is 4.82. The van der Waals surface area contributed by atoms with E-state index in [0.29, 0.717) is 0 Å². The molecule has 0 spiro atoms.